The summed E-state index contributed by atoms with van der Waals surface area (Å²) in [5.41, 5.74) is 0.158. The standard InChI is InChI=1S/C17H19ClFN5O2/c1-8-12(18)15-11-14(13(8)19)20-10(25)6-9-7-22(2)4-5-24(9)16(11)21-17(26)23(15)3/h9H,4-7H2,1-3H3,(H,20,25). The maximum atomic E-state index is 15.0. The number of nitrogens with one attached hydrogen (secondary N) is 1. The quantitative estimate of drug-likeness (QED) is 0.751. The molecule has 1 atom stereocenters. The Labute approximate surface area is 154 Å². The Morgan fingerprint density at radius 3 is 2.73 bits per heavy atom. The lowest BCUT2D eigenvalue weighted by atomic mass is 10.0. The predicted octanol–water partition coefficient (Wildman–Crippen LogP) is 1.50. The van der Waals surface area contributed by atoms with E-state index in [0.717, 1.165) is 6.54 Å². The van der Waals surface area contributed by atoms with Crippen LogP contribution in [0.25, 0.3) is 10.9 Å². The van der Waals surface area contributed by atoms with Crippen LogP contribution in [0.3, 0.4) is 0 Å². The third kappa shape index (κ3) is 2.39. The largest absolute Gasteiger partial charge is 0.350 e. The summed E-state index contributed by atoms with van der Waals surface area (Å²) >= 11 is 6.40. The summed E-state index contributed by atoms with van der Waals surface area (Å²) in [6.07, 6.45) is 0.198. The number of rotatable bonds is 0. The van der Waals surface area contributed by atoms with Gasteiger partial charge in [0.15, 0.2) is 5.82 Å². The fraction of sp³-hybridized carbons (Fsp3) is 0.471. The average molecular weight is 380 g/mol. The van der Waals surface area contributed by atoms with Crippen molar-refractivity contribution in [2.24, 2.45) is 7.05 Å². The van der Waals surface area contributed by atoms with E-state index in [0.29, 0.717) is 29.8 Å². The number of amides is 1. The van der Waals surface area contributed by atoms with Crippen molar-refractivity contribution in [2.75, 3.05) is 36.9 Å². The molecular formula is C17H19ClFN5O2. The smallest absolute Gasteiger partial charge is 0.349 e. The summed E-state index contributed by atoms with van der Waals surface area (Å²) in [5.74, 6) is -0.473. The molecule has 0 spiro atoms. The van der Waals surface area contributed by atoms with Gasteiger partial charge in [0, 0.05) is 38.7 Å². The van der Waals surface area contributed by atoms with E-state index in [2.05, 4.69) is 15.2 Å². The number of piperazine rings is 1. The van der Waals surface area contributed by atoms with Gasteiger partial charge in [-0.3, -0.25) is 9.36 Å². The number of benzene rings is 1. The fourth-order valence-corrected chi connectivity index (χ4v) is 4.15. The number of aromatic nitrogens is 2. The number of fused-ring (bicyclic) bond motifs is 2. The predicted molar refractivity (Wildman–Crippen MR) is 98.6 cm³/mol. The molecule has 26 heavy (non-hydrogen) atoms. The minimum absolute atomic E-state index is 0.0439. The molecule has 0 saturated carbocycles. The molecule has 2 aliphatic rings. The first-order valence-corrected chi connectivity index (χ1v) is 8.80. The Balaban J connectivity index is 2.14. The minimum Gasteiger partial charge on any atom is -0.350 e. The van der Waals surface area contributed by atoms with E-state index in [1.54, 1.807) is 7.05 Å². The highest BCUT2D eigenvalue weighted by Crippen LogP contribution is 2.41. The molecule has 138 valence electrons. The Morgan fingerprint density at radius 1 is 1.27 bits per heavy atom. The maximum absolute atomic E-state index is 15.0. The Bertz CT molecular complexity index is 1010. The van der Waals surface area contributed by atoms with Crippen molar-refractivity contribution in [3.05, 3.63) is 26.9 Å². The molecule has 4 rings (SSSR count). The number of aryl methyl sites for hydroxylation is 1. The zero-order valence-electron chi connectivity index (χ0n) is 14.8. The lowest BCUT2D eigenvalue weighted by Gasteiger charge is -2.42. The second kappa shape index (κ2) is 5.92. The van der Waals surface area contributed by atoms with E-state index >= 15 is 0 Å². The second-order valence-electron chi connectivity index (χ2n) is 6.99. The van der Waals surface area contributed by atoms with Gasteiger partial charge in [-0.15, -0.1) is 0 Å². The van der Waals surface area contributed by atoms with E-state index < -0.39 is 11.5 Å². The molecule has 2 aromatic rings. The highest BCUT2D eigenvalue weighted by Gasteiger charge is 2.34. The highest BCUT2D eigenvalue weighted by atomic mass is 35.5. The minimum atomic E-state index is -0.592. The van der Waals surface area contributed by atoms with E-state index in [4.69, 9.17) is 11.6 Å². The summed E-state index contributed by atoms with van der Waals surface area (Å²) < 4.78 is 16.3. The van der Waals surface area contributed by atoms with Gasteiger partial charge in [0.05, 0.1) is 27.7 Å². The molecule has 1 unspecified atom stereocenters. The van der Waals surface area contributed by atoms with E-state index in [1.807, 2.05) is 11.9 Å². The van der Waals surface area contributed by atoms with Crippen LogP contribution in [-0.2, 0) is 11.8 Å². The highest BCUT2D eigenvalue weighted by molar-refractivity contribution is 6.37. The summed E-state index contributed by atoms with van der Waals surface area (Å²) in [6.45, 7) is 3.54. The zero-order valence-corrected chi connectivity index (χ0v) is 15.5. The van der Waals surface area contributed by atoms with Crippen molar-refractivity contribution in [2.45, 2.75) is 19.4 Å². The van der Waals surface area contributed by atoms with Crippen LogP contribution >= 0.6 is 11.6 Å². The SMILES string of the molecule is Cc1c(F)c2c3c(nc(=O)n(C)c3c1Cl)N1CCN(C)CC1CC(=O)N2. The first kappa shape index (κ1) is 17.2. The van der Waals surface area contributed by atoms with Crippen LogP contribution in [0, 0.1) is 12.7 Å². The van der Waals surface area contributed by atoms with Crippen LogP contribution in [0.5, 0.6) is 0 Å². The summed E-state index contributed by atoms with van der Waals surface area (Å²) in [5, 5.41) is 3.22. The number of carbonyl (C=O) groups excluding carboxylic acids is 1. The molecule has 0 radical (unpaired) electrons. The molecule has 0 aliphatic carbocycles. The number of likely N-dealkylation sites (N-methyl/N-ethyl adjacent to an activating group) is 1. The van der Waals surface area contributed by atoms with Gasteiger partial charge < -0.3 is 15.1 Å². The number of anilines is 2. The first-order valence-electron chi connectivity index (χ1n) is 8.43. The molecule has 1 saturated heterocycles. The molecule has 1 aromatic heterocycles. The Kier molecular flexibility index (Phi) is 3.92. The zero-order chi connectivity index (χ0) is 18.7. The fourth-order valence-electron chi connectivity index (χ4n) is 3.84. The molecule has 1 amide bonds. The van der Waals surface area contributed by atoms with Gasteiger partial charge in [0.25, 0.3) is 0 Å². The molecule has 1 fully saturated rings. The Hall–Kier alpha value is -2.19. The summed E-state index contributed by atoms with van der Waals surface area (Å²) in [7, 11) is 3.53. The normalized spacial score (nSPS) is 20.6. The molecule has 3 heterocycles. The number of halogens is 2. The van der Waals surface area contributed by atoms with Crippen molar-refractivity contribution in [1.82, 2.24) is 14.5 Å². The topological polar surface area (TPSA) is 70.5 Å². The van der Waals surface area contributed by atoms with Crippen LogP contribution in [0.4, 0.5) is 15.9 Å². The first-order chi connectivity index (χ1) is 12.3. The van der Waals surface area contributed by atoms with Crippen LogP contribution in [0.1, 0.15) is 12.0 Å². The molecular weight excluding hydrogens is 361 g/mol. The second-order valence-corrected chi connectivity index (χ2v) is 7.37. The van der Waals surface area contributed by atoms with Gasteiger partial charge in [-0.25, -0.2) is 9.18 Å². The van der Waals surface area contributed by atoms with E-state index in [9.17, 15) is 14.0 Å². The Morgan fingerprint density at radius 2 is 2.00 bits per heavy atom. The molecule has 2 aliphatic heterocycles. The lowest BCUT2D eigenvalue weighted by molar-refractivity contribution is -0.116. The van der Waals surface area contributed by atoms with Crippen molar-refractivity contribution in [3.8, 4) is 0 Å². The van der Waals surface area contributed by atoms with Crippen LogP contribution in [0.2, 0.25) is 5.02 Å². The lowest BCUT2D eigenvalue weighted by Crippen LogP contribution is -2.54. The number of nitrogens with zero attached hydrogens (tertiary/aromatic N) is 4. The summed E-state index contributed by atoms with van der Waals surface area (Å²) in [4.78, 5) is 33.3. The van der Waals surface area contributed by atoms with E-state index in [1.165, 1.54) is 11.5 Å². The van der Waals surface area contributed by atoms with Gasteiger partial charge in [-0.2, -0.15) is 4.98 Å². The van der Waals surface area contributed by atoms with Crippen LogP contribution < -0.4 is 15.9 Å². The van der Waals surface area contributed by atoms with Gasteiger partial charge in [0.1, 0.15) is 5.82 Å². The van der Waals surface area contributed by atoms with Crippen molar-refractivity contribution in [1.29, 1.82) is 0 Å². The summed E-state index contributed by atoms with van der Waals surface area (Å²) in [6, 6.07) is -0.146. The van der Waals surface area contributed by atoms with Gasteiger partial charge in [-0.1, -0.05) is 11.6 Å². The molecule has 0 bridgehead atoms. The van der Waals surface area contributed by atoms with Gasteiger partial charge in [-0.05, 0) is 14.0 Å². The van der Waals surface area contributed by atoms with Crippen molar-refractivity contribution < 1.29 is 9.18 Å². The van der Waals surface area contributed by atoms with Crippen molar-refractivity contribution >= 4 is 39.9 Å². The molecule has 1 aromatic carbocycles. The number of hydrogen-bond acceptors (Lipinski definition) is 5. The molecule has 9 heteroatoms. The van der Waals surface area contributed by atoms with E-state index in [-0.39, 0.29) is 34.6 Å². The third-order valence-corrected chi connectivity index (χ3v) is 5.73. The van der Waals surface area contributed by atoms with Crippen LogP contribution in [0.15, 0.2) is 4.79 Å². The molecule has 7 nitrogen and oxygen atoms in total. The van der Waals surface area contributed by atoms with Crippen LogP contribution in [-0.4, -0.2) is 53.1 Å². The average Bonchev–Trinajstić information content (AvgIpc) is 2.58. The molecule has 1 N–H and O–H groups in total. The third-order valence-electron chi connectivity index (χ3n) is 5.26. The van der Waals surface area contributed by atoms with Gasteiger partial charge in [0.2, 0.25) is 5.91 Å². The van der Waals surface area contributed by atoms with Crippen molar-refractivity contribution in [3.63, 3.8) is 0 Å². The maximum Gasteiger partial charge on any atom is 0.349 e. The monoisotopic (exact) mass is 379 g/mol. The van der Waals surface area contributed by atoms with Gasteiger partial charge >= 0.3 is 5.69 Å². The number of hydrogen-bond donors (Lipinski definition) is 1. The number of carbonyl (C=O) groups is 1.